The quantitative estimate of drug-likeness (QED) is 0.510. The zero-order valence-electron chi connectivity index (χ0n) is 8.25. The summed E-state index contributed by atoms with van der Waals surface area (Å²) in [7, 11) is 0. The summed E-state index contributed by atoms with van der Waals surface area (Å²) in [6.45, 7) is 0. The van der Waals surface area contributed by atoms with Crippen LogP contribution in [0.2, 0.25) is 0 Å². The first-order valence-corrected chi connectivity index (χ1v) is 7.63. The van der Waals surface area contributed by atoms with Crippen molar-refractivity contribution < 1.29 is 0 Å². The molecule has 2 rings (SSSR count). The molecule has 0 aromatic rings. The molecule has 0 radical (unpaired) electrons. The van der Waals surface area contributed by atoms with Crippen LogP contribution in [0.4, 0.5) is 0 Å². The largest absolute Gasteiger partial charge is 0.144 e. The van der Waals surface area contributed by atoms with Gasteiger partial charge in [-0.05, 0) is 18.1 Å². The third-order valence-electron chi connectivity index (χ3n) is 3.99. The molecule has 2 aliphatic rings. The van der Waals surface area contributed by atoms with Crippen LogP contribution in [-0.4, -0.2) is 27.4 Å². The van der Waals surface area contributed by atoms with Gasteiger partial charge in [0.1, 0.15) is 4.33 Å². The minimum Gasteiger partial charge on any atom is -0.126 e. The third kappa shape index (κ3) is 1.38. The van der Waals surface area contributed by atoms with Crippen molar-refractivity contribution in [1.82, 2.24) is 0 Å². The Morgan fingerprint density at radius 1 is 1.12 bits per heavy atom. The van der Waals surface area contributed by atoms with Crippen LogP contribution < -0.4 is 0 Å². The van der Waals surface area contributed by atoms with Crippen LogP contribution in [0.25, 0.3) is 0 Å². The minimum atomic E-state index is -1.03. The van der Waals surface area contributed by atoms with Crippen molar-refractivity contribution in [3.8, 4) is 0 Å². The predicted molar refractivity (Wildman–Crippen MR) is 73.8 cm³/mol. The molecule has 2 bridgehead atoms. The Balaban J connectivity index is 2.62. The lowest BCUT2D eigenvalue weighted by molar-refractivity contribution is 0.184. The number of hydrogen-bond donors (Lipinski definition) is 0. The van der Waals surface area contributed by atoms with Crippen molar-refractivity contribution in [3.63, 3.8) is 0 Å². The molecule has 92 valence electrons. The Morgan fingerprint density at radius 2 is 1.69 bits per heavy atom. The van der Waals surface area contributed by atoms with Crippen LogP contribution in [-0.2, 0) is 0 Å². The Labute approximate surface area is 125 Å². The highest BCUT2D eigenvalue weighted by Crippen LogP contribution is 2.72. The van der Waals surface area contributed by atoms with Crippen LogP contribution in [0.1, 0.15) is 6.42 Å². The van der Waals surface area contributed by atoms with E-state index in [4.69, 9.17) is 69.6 Å². The lowest BCUT2D eigenvalue weighted by Crippen LogP contribution is -2.49. The first kappa shape index (κ1) is 13.9. The molecule has 0 nitrogen and oxygen atoms in total. The molecule has 0 heterocycles. The molecular weight excluding hydrogens is 333 g/mol. The number of fused-ring (bicyclic) bond motifs is 2. The molecule has 0 N–H and O–H groups in total. The standard InChI is InChI=1S/C10H10Cl6/c11-3-8(4-12)6-1-10(15,16)9(8,5-13)2-7(6)14/h1,7H,2-5H2. The highest BCUT2D eigenvalue weighted by molar-refractivity contribution is 6.51. The summed E-state index contributed by atoms with van der Waals surface area (Å²) < 4.78 is -1.03. The minimum absolute atomic E-state index is 0.123. The predicted octanol–water partition coefficient (Wildman–Crippen LogP) is 4.80. The fraction of sp³-hybridized carbons (Fsp3) is 0.800. The monoisotopic (exact) mass is 340 g/mol. The number of hydrogen-bond acceptors (Lipinski definition) is 0. The van der Waals surface area contributed by atoms with Gasteiger partial charge in [0.25, 0.3) is 0 Å². The first-order chi connectivity index (χ1) is 7.40. The zero-order valence-corrected chi connectivity index (χ0v) is 12.8. The summed E-state index contributed by atoms with van der Waals surface area (Å²) in [6.07, 6.45) is 2.40. The normalized spacial score (nSPS) is 38.9. The van der Waals surface area contributed by atoms with E-state index in [0.717, 1.165) is 5.57 Å². The van der Waals surface area contributed by atoms with Crippen LogP contribution in [0.5, 0.6) is 0 Å². The maximum absolute atomic E-state index is 6.36. The summed E-state index contributed by atoms with van der Waals surface area (Å²) in [4.78, 5) is 0. The average Bonchev–Trinajstić information content (AvgIpc) is 2.59. The fourth-order valence-electron chi connectivity index (χ4n) is 2.92. The van der Waals surface area contributed by atoms with E-state index < -0.39 is 15.2 Å². The van der Waals surface area contributed by atoms with Gasteiger partial charge in [-0.25, -0.2) is 0 Å². The van der Waals surface area contributed by atoms with Crippen molar-refractivity contribution >= 4 is 69.6 Å². The van der Waals surface area contributed by atoms with E-state index in [1.165, 1.54) is 0 Å². The van der Waals surface area contributed by atoms with E-state index in [9.17, 15) is 0 Å². The van der Waals surface area contributed by atoms with E-state index >= 15 is 0 Å². The molecule has 16 heavy (non-hydrogen) atoms. The SMILES string of the molecule is ClCC1(CCl)C2=CC(Cl)(Cl)C1(CCl)CC2Cl. The molecule has 2 aliphatic carbocycles. The van der Waals surface area contributed by atoms with Gasteiger partial charge in [-0.3, -0.25) is 0 Å². The van der Waals surface area contributed by atoms with Crippen molar-refractivity contribution in [2.75, 3.05) is 17.6 Å². The van der Waals surface area contributed by atoms with E-state index in [-0.39, 0.29) is 5.38 Å². The number of alkyl halides is 6. The molecule has 0 aromatic heterocycles. The molecule has 0 aromatic carbocycles. The second kappa shape index (κ2) is 4.25. The van der Waals surface area contributed by atoms with Crippen molar-refractivity contribution in [1.29, 1.82) is 0 Å². The highest BCUT2D eigenvalue weighted by atomic mass is 35.5. The number of rotatable bonds is 3. The molecule has 1 saturated carbocycles. The summed E-state index contributed by atoms with van der Waals surface area (Å²) in [5, 5.41) is -0.123. The van der Waals surface area contributed by atoms with Gasteiger partial charge in [0.05, 0.1) is 5.38 Å². The Bertz CT molecular complexity index is 332. The maximum atomic E-state index is 6.36. The lowest BCUT2D eigenvalue weighted by Gasteiger charge is -2.44. The maximum Gasteiger partial charge on any atom is 0.144 e. The lowest BCUT2D eigenvalue weighted by atomic mass is 9.69. The number of halogens is 6. The molecule has 0 spiro atoms. The van der Waals surface area contributed by atoms with Crippen molar-refractivity contribution in [2.24, 2.45) is 10.8 Å². The van der Waals surface area contributed by atoms with Gasteiger partial charge in [0.15, 0.2) is 0 Å². The summed E-state index contributed by atoms with van der Waals surface area (Å²) in [6, 6.07) is 0. The molecule has 2 unspecified atom stereocenters. The number of allylic oxidation sites excluding steroid dienone is 2. The van der Waals surface area contributed by atoms with E-state index in [1.54, 1.807) is 6.08 Å². The van der Waals surface area contributed by atoms with Crippen molar-refractivity contribution in [3.05, 3.63) is 11.6 Å². The topological polar surface area (TPSA) is 0 Å². The summed E-state index contributed by atoms with van der Waals surface area (Å²) in [5.41, 5.74) is -0.0891. The van der Waals surface area contributed by atoms with Crippen LogP contribution in [0.15, 0.2) is 11.6 Å². The summed E-state index contributed by atoms with van der Waals surface area (Å²) >= 11 is 37.3. The van der Waals surface area contributed by atoms with Gasteiger partial charge >= 0.3 is 0 Å². The molecule has 2 atom stereocenters. The van der Waals surface area contributed by atoms with Gasteiger partial charge < -0.3 is 0 Å². The second-order valence-electron chi connectivity index (χ2n) is 4.46. The van der Waals surface area contributed by atoms with Gasteiger partial charge in [-0.15, -0.1) is 46.4 Å². The summed E-state index contributed by atoms with van der Waals surface area (Å²) in [5.74, 6) is 0.960. The molecule has 0 aliphatic heterocycles. The van der Waals surface area contributed by atoms with Crippen molar-refractivity contribution in [2.45, 2.75) is 16.1 Å². The fourth-order valence-corrected chi connectivity index (χ4v) is 6.16. The third-order valence-corrected chi connectivity index (χ3v) is 6.69. The van der Waals surface area contributed by atoms with Crippen LogP contribution >= 0.6 is 69.6 Å². The first-order valence-electron chi connectivity index (χ1n) is 4.84. The second-order valence-corrected chi connectivity index (χ2v) is 7.17. The molecule has 0 amide bonds. The van der Waals surface area contributed by atoms with Gasteiger partial charge in [0, 0.05) is 28.5 Å². The van der Waals surface area contributed by atoms with E-state index in [1.807, 2.05) is 0 Å². The highest BCUT2D eigenvalue weighted by Gasteiger charge is 2.71. The average molecular weight is 343 g/mol. The zero-order chi connectivity index (χ0) is 12.2. The smallest absolute Gasteiger partial charge is 0.126 e. The van der Waals surface area contributed by atoms with Crippen LogP contribution in [0.3, 0.4) is 0 Å². The Kier molecular flexibility index (Phi) is 3.69. The van der Waals surface area contributed by atoms with E-state index in [2.05, 4.69) is 0 Å². The molecular formula is C10H10Cl6. The van der Waals surface area contributed by atoms with Gasteiger partial charge in [0.2, 0.25) is 0 Å². The Hall–Kier alpha value is 1.48. The van der Waals surface area contributed by atoms with Gasteiger partial charge in [-0.2, -0.15) is 0 Å². The van der Waals surface area contributed by atoms with Gasteiger partial charge in [-0.1, -0.05) is 23.2 Å². The van der Waals surface area contributed by atoms with Crippen LogP contribution in [0, 0.1) is 10.8 Å². The Morgan fingerprint density at radius 3 is 2.06 bits per heavy atom. The van der Waals surface area contributed by atoms with E-state index in [0.29, 0.717) is 24.1 Å². The molecule has 0 saturated heterocycles. The molecule has 6 heteroatoms. The molecule has 1 fully saturated rings.